The van der Waals surface area contributed by atoms with Crippen molar-refractivity contribution < 1.29 is 19.1 Å². The van der Waals surface area contributed by atoms with E-state index in [2.05, 4.69) is 34.4 Å². The van der Waals surface area contributed by atoms with Gasteiger partial charge in [0.1, 0.15) is 11.5 Å². The highest BCUT2D eigenvalue weighted by Gasteiger charge is 2.42. The largest absolute Gasteiger partial charge is 0.497 e. The molecule has 1 aliphatic heterocycles. The number of amides is 1. The second-order valence-electron chi connectivity index (χ2n) is 10.8. The van der Waals surface area contributed by atoms with Crippen LogP contribution in [0.1, 0.15) is 44.0 Å². The number of hydrogen-bond acceptors (Lipinski definition) is 7. The fourth-order valence-electron chi connectivity index (χ4n) is 5.56. The number of aromatic amines is 1. The third-order valence-electron chi connectivity index (χ3n) is 7.32. The van der Waals surface area contributed by atoms with E-state index in [0.717, 1.165) is 28.3 Å². The molecule has 5 rings (SSSR count). The number of methoxy groups -OCH3 is 2. The number of benzene rings is 2. The molecule has 9 heteroatoms. The Hall–Kier alpha value is -4.27. The molecule has 204 valence electrons. The normalized spacial score (nSPS) is 18.0. The molecule has 3 aromatic rings. The zero-order valence-electron chi connectivity index (χ0n) is 22.8. The summed E-state index contributed by atoms with van der Waals surface area (Å²) in [6.45, 7) is 4.74. The van der Waals surface area contributed by atoms with Gasteiger partial charge < -0.3 is 30.0 Å². The second-order valence-corrected chi connectivity index (χ2v) is 10.8. The molecule has 2 aromatic carbocycles. The molecule has 1 amide bonds. The highest BCUT2D eigenvalue weighted by molar-refractivity contribution is 6.02. The summed E-state index contributed by atoms with van der Waals surface area (Å²) in [5.41, 5.74) is 4.80. The van der Waals surface area contributed by atoms with Crippen LogP contribution in [0.5, 0.6) is 11.5 Å². The van der Waals surface area contributed by atoms with Crippen LogP contribution in [-0.2, 0) is 16.0 Å². The summed E-state index contributed by atoms with van der Waals surface area (Å²) in [7, 11) is 3.21. The number of imidazole rings is 1. The number of nitrogens with zero attached hydrogens (tertiary/aromatic N) is 2. The van der Waals surface area contributed by atoms with Crippen molar-refractivity contribution in [3.8, 4) is 11.5 Å². The Bertz CT molecular complexity index is 1400. The summed E-state index contributed by atoms with van der Waals surface area (Å²) in [5, 5.41) is 6.61. The number of ketones is 1. The van der Waals surface area contributed by atoms with E-state index in [9.17, 15) is 9.59 Å². The summed E-state index contributed by atoms with van der Waals surface area (Å²) in [4.78, 5) is 36.4. The second kappa shape index (κ2) is 10.8. The van der Waals surface area contributed by atoms with Crippen molar-refractivity contribution in [2.24, 2.45) is 5.41 Å². The number of H-pyrrole nitrogens is 1. The molecule has 0 bridgehead atoms. The number of nitrogens with one attached hydrogen (secondary N) is 3. The van der Waals surface area contributed by atoms with Gasteiger partial charge in [0.05, 0.1) is 44.5 Å². The van der Waals surface area contributed by atoms with Gasteiger partial charge in [-0.2, -0.15) is 0 Å². The lowest BCUT2D eigenvalue weighted by molar-refractivity contribution is -0.120. The lowest BCUT2D eigenvalue weighted by Crippen LogP contribution is -2.42. The first kappa shape index (κ1) is 26.3. The van der Waals surface area contributed by atoms with Crippen molar-refractivity contribution in [3.63, 3.8) is 0 Å². The first-order valence-corrected chi connectivity index (χ1v) is 13.1. The molecule has 39 heavy (non-hydrogen) atoms. The third kappa shape index (κ3) is 5.48. The zero-order chi connectivity index (χ0) is 27.6. The van der Waals surface area contributed by atoms with E-state index in [0.29, 0.717) is 42.9 Å². The van der Waals surface area contributed by atoms with Gasteiger partial charge in [0, 0.05) is 54.2 Å². The summed E-state index contributed by atoms with van der Waals surface area (Å²) >= 11 is 0. The summed E-state index contributed by atoms with van der Waals surface area (Å²) in [6, 6.07) is 12.9. The number of rotatable bonds is 8. The number of ether oxygens (including phenoxy) is 2. The molecule has 1 unspecified atom stereocenters. The first-order valence-electron chi connectivity index (χ1n) is 13.1. The number of carbonyl (C=O) groups excluding carboxylic acids is 2. The number of anilines is 2. The van der Waals surface area contributed by atoms with Gasteiger partial charge in [0.15, 0.2) is 5.78 Å². The first-order chi connectivity index (χ1) is 18.8. The molecule has 2 heterocycles. The lowest BCUT2D eigenvalue weighted by Gasteiger charge is -2.38. The van der Waals surface area contributed by atoms with E-state index >= 15 is 0 Å². The number of allylic oxidation sites excluding steroid dienone is 1. The van der Waals surface area contributed by atoms with Crippen LogP contribution in [-0.4, -0.2) is 49.0 Å². The summed E-state index contributed by atoms with van der Waals surface area (Å²) in [6.07, 6.45) is 5.14. The molecule has 0 radical (unpaired) electrons. The van der Waals surface area contributed by atoms with Crippen LogP contribution in [0, 0.1) is 5.41 Å². The van der Waals surface area contributed by atoms with Gasteiger partial charge in [-0.15, -0.1) is 0 Å². The van der Waals surface area contributed by atoms with Crippen LogP contribution < -0.4 is 25.0 Å². The maximum Gasteiger partial charge on any atom is 0.239 e. The van der Waals surface area contributed by atoms with Gasteiger partial charge in [0.25, 0.3) is 0 Å². The molecular formula is C30H35N5O4. The number of carbonyl (C=O) groups is 2. The predicted molar refractivity (Wildman–Crippen MR) is 150 cm³/mol. The predicted octanol–water partition coefficient (Wildman–Crippen LogP) is 4.40. The van der Waals surface area contributed by atoms with Crippen molar-refractivity contribution in [2.45, 2.75) is 39.2 Å². The van der Waals surface area contributed by atoms with E-state index in [4.69, 9.17) is 9.47 Å². The molecule has 0 spiro atoms. The van der Waals surface area contributed by atoms with Crippen molar-refractivity contribution >= 4 is 23.1 Å². The van der Waals surface area contributed by atoms with Gasteiger partial charge in [-0.1, -0.05) is 26.0 Å². The molecule has 1 aliphatic carbocycles. The number of Topliss-reactive ketones (excluding diaryl/α,β-unsaturated/α-hetero) is 1. The Morgan fingerprint density at radius 3 is 2.72 bits per heavy atom. The minimum atomic E-state index is -0.543. The van der Waals surface area contributed by atoms with Crippen molar-refractivity contribution in [1.82, 2.24) is 15.3 Å². The Morgan fingerprint density at radius 1 is 1.15 bits per heavy atom. The summed E-state index contributed by atoms with van der Waals surface area (Å²) in [5.74, 6) is 1.16. The molecule has 1 aromatic heterocycles. The van der Waals surface area contributed by atoms with Crippen LogP contribution in [0.4, 0.5) is 11.4 Å². The molecule has 2 aliphatic rings. The van der Waals surface area contributed by atoms with E-state index in [1.165, 1.54) is 0 Å². The van der Waals surface area contributed by atoms with Crippen LogP contribution in [0.3, 0.4) is 0 Å². The fraction of sp³-hybridized carbons (Fsp3) is 0.367. The fourth-order valence-corrected chi connectivity index (χ4v) is 5.56. The molecule has 0 saturated heterocycles. The molecule has 3 N–H and O–H groups in total. The quantitative estimate of drug-likeness (QED) is 0.397. The van der Waals surface area contributed by atoms with Crippen LogP contribution >= 0.6 is 0 Å². The lowest BCUT2D eigenvalue weighted by atomic mass is 9.73. The van der Waals surface area contributed by atoms with E-state index in [1.807, 2.05) is 47.4 Å². The SMILES string of the molecule is COc1ccc(C2C3=C(CC(C)(C)CC3=O)Nc3ccccc3N2CC(=O)NCCc2cnc[nH]2)c(OC)c1. The average molecular weight is 530 g/mol. The summed E-state index contributed by atoms with van der Waals surface area (Å²) < 4.78 is 11.3. The van der Waals surface area contributed by atoms with Gasteiger partial charge in [-0.3, -0.25) is 9.59 Å². The number of fused-ring (bicyclic) bond motifs is 1. The number of hydrogen-bond donors (Lipinski definition) is 3. The van der Waals surface area contributed by atoms with Crippen LogP contribution in [0.2, 0.25) is 0 Å². The van der Waals surface area contributed by atoms with Gasteiger partial charge in [-0.25, -0.2) is 4.98 Å². The van der Waals surface area contributed by atoms with Gasteiger partial charge >= 0.3 is 0 Å². The van der Waals surface area contributed by atoms with Crippen molar-refractivity contribution in [1.29, 1.82) is 0 Å². The van der Waals surface area contributed by atoms with Gasteiger partial charge in [-0.05, 0) is 36.1 Å². The maximum absolute atomic E-state index is 13.9. The van der Waals surface area contributed by atoms with E-state index < -0.39 is 6.04 Å². The van der Waals surface area contributed by atoms with Crippen molar-refractivity contribution in [2.75, 3.05) is 37.5 Å². The standard InChI is InChI=1S/C30H35N5O4/c1-30(2)14-23-28(25(36)15-30)29(21-10-9-20(38-3)13-26(21)39-4)35(24-8-6-5-7-22(24)34-23)17-27(37)32-12-11-19-16-31-18-33-19/h5-10,13,16,18,29,34H,11-12,14-15,17H2,1-4H3,(H,31,33)(H,32,37). The Morgan fingerprint density at radius 2 is 1.97 bits per heavy atom. The average Bonchev–Trinajstić information content (AvgIpc) is 3.38. The Balaban J connectivity index is 1.60. The molecular weight excluding hydrogens is 494 g/mol. The smallest absolute Gasteiger partial charge is 0.239 e. The molecule has 9 nitrogen and oxygen atoms in total. The third-order valence-corrected chi connectivity index (χ3v) is 7.32. The monoisotopic (exact) mass is 529 g/mol. The van der Waals surface area contributed by atoms with E-state index in [-0.39, 0.29) is 23.7 Å². The van der Waals surface area contributed by atoms with Gasteiger partial charge in [0.2, 0.25) is 5.91 Å². The van der Waals surface area contributed by atoms with Crippen LogP contribution in [0.25, 0.3) is 0 Å². The minimum absolute atomic E-state index is 0.0506. The zero-order valence-corrected chi connectivity index (χ0v) is 22.8. The number of aromatic nitrogens is 2. The molecule has 0 saturated carbocycles. The Kier molecular flexibility index (Phi) is 7.32. The van der Waals surface area contributed by atoms with E-state index in [1.54, 1.807) is 26.7 Å². The van der Waals surface area contributed by atoms with Crippen molar-refractivity contribution in [3.05, 3.63) is 77.5 Å². The molecule has 1 atom stereocenters. The maximum atomic E-state index is 13.9. The Labute approximate surface area is 228 Å². The topological polar surface area (TPSA) is 109 Å². The molecule has 0 fully saturated rings. The minimum Gasteiger partial charge on any atom is -0.497 e. The number of para-hydroxylation sites is 2. The highest BCUT2D eigenvalue weighted by Crippen LogP contribution is 2.49. The van der Waals surface area contributed by atoms with Crippen LogP contribution in [0.15, 0.2) is 66.3 Å². The highest BCUT2D eigenvalue weighted by atomic mass is 16.5.